The van der Waals surface area contributed by atoms with E-state index in [0.717, 1.165) is 6.07 Å². The first-order valence-electron chi connectivity index (χ1n) is 5.99. The lowest BCUT2D eigenvalue weighted by atomic mass is 10.1. The summed E-state index contributed by atoms with van der Waals surface area (Å²) in [6.45, 7) is 2.83. The zero-order valence-corrected chi connectivity index (χ0v) is 12.9. The summed E-state index contributed by atoms with van der Waals surface area (Å²) in [5, 5.41) is 8.66. The molecule has 0 fully saturated rings. The van der Waals surface area contributed by atoms with Gasteiger partial charge in [0.2, 0.25) is 10.0 Å². The second-order valence-corrected chi connectivity index (χ2v) is 6.80. The third kappa shape index (κ3) is 4.57. The van der Waals surface area contributed by atoms with E-state index < -0.39 is 38.6 Å². The molecule has 0 saturated heterocycles. The molecule has 0 amide bonds. The molecule has 0 aliphatic carbocycles. The minimum atomic E-state index is -4.67. The van der Waals surface area contributed by atoms with E-state index in [1.165, 1.54) is 6.92 Å². The van der Waals surface area contributed by atoms with Gasteiger partial charge in [0.25, 0.3) is 0 Å². The molecule has 1 aromatic rings. The van der Waals surface area contributed by atoms with E-state index in [1.807, 2.05) is 0 Å². The van der Waals surface area contributed by atoms with Gasteiger partial charge in [-0.3, -0.25) is 0 Å². The van der Waals surface area contributed by atoms with Crippen LogP contribution in [0, 0.1) is 5.92 Å². The molecule has 0 spiro atoms. The largest absolute Gasteiger partial charge is 0.416 e. The summed E-state index contributed by atoms with van der Waals surface area (Å²) in [5.41, 5.74) is -1.10. The first kappa shape index (κ1) is 18.2. The van der Waals surface area contributed by atoms with Crippen LogP contribution in [-0.4, -0.2) is 26.2 Å². The molecule has 0 aliphatic rings. The van der Waals surface area contributed by atoms with Crippen LogP contribution in [0.5, 0.6) is 0 Å². The van der Waals surface area contributed by atoms with Gasteiger partial charge in [-0.2, -0.15) is 13.2 Å². The third-order valence-electron chi connectivity index (χ3n) is 3.03. The summed E-state index contributed by atoms with van der Waals surface area (Å²) < 4.78 is 64.4. The van der Waals surface area contributed by atoms with E-state index in [9.17, 15) is 21.6 Å². The Hall–Kier alpha value is -0.830. The lowest BCUT2D eigenvalue weighted by molar-refractivity contribution is -0.137. The van der Waals surface area contributed by atoms with E-state index in [4.69, 9.17) is 16.7 Å². The molecule has 0 saturated carbocycles. The van der Waals surface area contributed by atoms with Crippen molar-refractivity contribution in [1.82, 2.24) is 4.72 Å². The molecule has 1 aromatic carbocycles. The summed E-state index contributed by atoms with van der Waals surface area (Å²) in [7, 11) is -4.22. The highest BCUT2D eigenvalue weighted by Gasteiger charge is 2.33. The van der Waals surface area contributed by atoms with Crippen molar-refractivity contribution in [3.8, 4) is 0 Å². The molecule has 120 valence electrons. The smallest absolute Gasteiger partial charge is 0.396 e. The van der Waals surface area contributed by atoms with Crippen molar-refractivity contribution in [3.63, 3.8) is 0 Å². The van der Waals surface area contributed by atoms with Gasteiger partial charge in [0.1, 0.15) is 4.90 Å². The quantitative estimate of drug-likeness (QED) is 0.862. The first-order valence-corrected chi connectivity index (χ1v) is 7.85. The van der Waals surface area contributed by atoms with E-state index in [0.29, 0.717) is 12.1 Å². The van der Waals surface area contributed by atoms with Crippen LogP contribution in [-0.2, 0) is 16.2 Å². The molecular weight excluding hydrogens is 331 g/mol. The Kier molecular flexibility index (Phi) is 5.65. The van der Waals surface area contributed by atoms with Crippen molar-refractivity contribution in [2.24, 2.45) is 5.92 Å². The Labute approximate surface area is 126 Å². The van der Waals surface area contributed by atoms with Crippen LogP contribution < -0.4 is 4.72 Å². The van der Waals surface area contributed by atoms with E-state index in [1.54, 1.807) is 6.92 Å². The van der Waals surface area contributed by atoms with Crippen LogP contribution in [0.4, 0.5) is 13.2 Å². The van der Waals surface area contributed by atoms with Gasteiger partial charge in [-0.1, -0.05) is 18.5 Å². The Morgan fingerprint density at radius 1 is 1.33 bits per heavy atom. The third-order valence-corrected chi connectivity index (χ3v) is 5.07. The maximum Gasteiger partial charge on any atom is 0.416 e. The molecule has 0 aliphatic heterocycles. The highest BCUT2D eigenvalue weighted by atomic mass is 35.5. The lowest BCUT2D eigenvalue weighted by Crippen LogP contribution is -2.38. The number of hydrogen-bond acceptors (Lipinski definition) is 3. The monoisotopic (exact) mass is 345 g/mol. The average Bonchev–Trinajstić information content (AvgIpc) is 2.35. The molecule has 2 unspecified atom stereocenters. The number of alkyl halides is 3. The van der Waals surface area contributed by atoms with Crippen LogP contribution in [0.3, 0.4) is 0 Å². The van der Waals surface area contributed by atoms with Crippen LogP contribution in [0.2, 0.25) is 5.02 Å². The molecule has 2 N–H and O–H groups in total. The predicted molar refractivity (Wildman–Crippen MR) is 72.5 cm³/mol. The highest BCUT2D eigenvalue weighted by molar-refractivity contribution is 7.89. The molecule has 21 heavy (non-hydrogen) atoms. The first-order chi connectivity index (χ1) is 9.49. The van der Waals surface area contributed by atoms with Gasteiger partial charge in [0.05, 0.1) is 10.6 Å². The number of aliphatic hydroxyl groups excluding tert-OH is 1. The van der Waals surface area contributed by atoms with Crippen molar-refractivity contribution in [2.75, 3.05) is 6.61 Å². The minimum absolute atomic E-state index is 0.264. The summed E-state index contributed by atoms with van der Waals surface area (Å²) in [5.74, 6) is -0.399. The maximum atomic E-state index is 12.6. The van der Waals surface area contributed by atoms with E-state index in [2.05, 4.69) is 4.72 Å². The predicted octanol–water partition coefficient (Wildman–Crippen LogP) is 2.65. The Bertz CT molecular complexity index is 604. The van der Waals surface area contributed by atoms with Gasteiger partial charge >= 0.3 is 6.18 Å². The second kappa shape index (κ2) is 6.51. The van der Waals surface area contributed by atoms with Crippen molar-refractivity contribution in [3.05, 3.63) is 28.8 Å². The minimum Gasteiger partial charge on any atom is -0.396 e. The Morgan fingerprint density at radius 2 is 1.90 bits per heavy atom. The molecule has 0 heterocycles. The number of rotatable bonds is 5. The summed E-state index contributed by atoms with van der Waals surface area (Å²) in [4.78, 5) is -0.643. The van der Waals surface area contributed by atoms with Gasteiger partial charge < -0.3 is 5.11 Å². The van der Waals surface area contributed by atoms with Crippen molar-refractivity contribution in [1.29, 1.82) is 0 Å². The molecule has 9 heteroatoms. The maximum absolute atomic E-state index is 12.6. The molecule has 4 nitrogen and oxygen atoms in total. The fraction of sp³-hybridized carbons (Fsp3) is 0.500. The summed E-state index contributed by atoms with van der Waals surface area (Å²) in [6, 6.07) is 1.42. The zero-order valence-electron chi connectivity index (χ0n) is 11.3. The SMILES string of the molecule is CC(CO)C(C)NS(=O)(=O)c1cc(C(F)(F)F)ccc1Cl. The number of benzene rings is 1. The van der Waals surface area contributed by atoms with Gasteiger partial charge in [-0.05, 0) is 31.0 Å². The van der Waals surface area contributed by atoms with Gasteiger partial charge in [0, 0.05) is 12.6 Å². The molecule has 1 rings (SSSR count). The van der Waals surface area contributed by atoms with E-state index >= 15 is 0 Å². The summed E-state index contributed by atoms with van der Waals surface area (Å²) in [6.07, 6.45) is -4.67. The molecule has 0 bridgehead atoms. The standard InChI is InChI=1S/C12H15ClF3NO3S/c1-7(6-18)8(2)17-21(19,20)11-5-9(12(14,15)16)3-4-10(11)13/h3-5,7-8,17-18H,6H2,1-2H3. The fourth-order valence-corrected chi connectivity index (χ4v) is 3.35. The van der Waals surface area contributed by atoms with Crippen LogP contribution in [0.15, 0.2) is 23.1 Å². The van der Waals surface area contributed by atoms with Gasteiger partial charge in [0.15, 0.2) is 0 Å². The number of sulfonamides is 1. The van der Waals surface area contributed by atoms with Crippen LogP contribution >= 0.6 is 11.6 Å². The summed E-state index contributed by atoms with van der Waals surface area (Å²) >= 11 is 5.69. The Morgan fingerprint density at radius 3 is 2.38 bits per heavy atom. The number of hydrogen-bond donors (Lipinski definition) is 2. The molecule has 0 aromatic heterocycles. The second-order valence-electron chi connectivity index (χ2n) is 4.71. The normalized spacial score (nSPS) is 15.8. The Balaban J connectivity index is 3.19. The highest BCUT2D eigenvalue weighted by Crippen LogP contribution is 2.33. The van der Waals surface area contributed by atoms with Crippen molar-refractivity contribution < 1.29 is 26.7 Å². The van der Waals surface area contributed by atoms with Crippen molar-refractivity contribution >= 4 is 21.6 Å². The zero-order chi connectivity index (χ0) is 16.4. The molecule has 0 radical (unpaired) electrons. The van der Waals surface area contributed by atoms with Crippen molar-refractivity contribution in [2.45, 2.75) is 31.0 Å². The van der Waals surface area contributed by atoms with Crippen LogP contribution in [0.1, 0.15) is 19.4 Å². The van der Waals surface area contributed by atoms with Crippen LogP contribution in [0.25, 0.3) is 0 Å². The van der Waals surface area contributed by atoms with E-state index in [-0.39, 0.29) is 11.6 Å². The number of nitrogens with one attached hydrogen (secondary N) is 1. The average molecular weight is 346 g/mol. The molecule has 2 atom stereocenters. The lowest BCUT2D eigenvalue weighted by Gasteiger charge is -2.20. The topological polar surface area (TPSA) is 66.4 Å². The van der Waals surface area contributed by atoms with Gasteiger partial charge in [-0.25, -0.2) is 13.1 Å². The fourth-order valence-electron chi connectivity index (χ4n) is 1.47. The number of aliphatic hydroxyl groups is 1. The van der Waals surface area contributed by atoms with Gasteiger partial charge in [-0.15, -0.1) is 0 Å². The molecular formula is C12H15ClF3NO3S. The number of halogens is 4.